The molecule has 0 aliphatic heterocycles. The number of hydrogen-bond acceptors (Lipinski definition) is 4. The summed E-state index contributed by atoms with van der Waals surface area (Å²) >= 11 is 0. The van der Waals surface area contributed by atoms with Crippen molar-refractivity contribution in [2.24, 2.45) is 0 Å². The van der Waals surface area contributed by atoms with Gasteiger partial charge < -0.3 is 14.8 Å². The first-order valence-electron chi connectivity index (χ1n) is 7.45. The van der Waals surface area contributed by atoms with E-state index in [1.807, 2.05) is 0 Å². The van der Waals surface area contributed by atoms with Crippen LogP contribution in [0.5, 0.6) is 11.5 Å². The van der Waals surface area contributed by atoms with E-state index in [4.69, 9.17) is 15.9 Å². The van der Waals surface area contributed by atoms with Crippen LogP contribution in [0.25, 0.3) is 6.08 Å². The van der Waals surface area contributed by atoms with E-state index in [1.165, 1.54) is 13.2 Å². The largest absolute Gasteiger partial charge is 0.493 e. The highest BCUT2D eigenvalue weighted by Crippen LogP contribution is 2.28. The van der Waals surface area contributed by atoms with Crippen LogP contribution in [0.3, 0.4) is 0 Å². The monoisotopic (exact) mass is 335 g/mol. The van der Waals surface area contributed by atoms with Gasteiger partial charge in [0.1, 0.15) is 6.61 Å². The van der Waals surface area contributed by atoms with Gasteiger partial charge in [-0.05, 0) is 35.9 Å². The normalized spacial score (nSPS) is 10.1. The fraction of sp³-hybridized carbons (Fsp3) is 0.100. The molecule has 1 amide bonds. The number of anilines is 1. The molecule has 0 saturated carbocycles. The molecule has 2 rings (SSSR count). The highest BCUT2D eigenvalue weighted by molar-refractivity contribution is 6.04. The van der Waals surface area contributed by atoms with Crippen molar-refractivity contribution in [3.05, 3.63) is 59.7 Å². The van der Waals surface area contributed by atoms with Crippen molar-refractivity contribution < 1.29 is 19.1 Å². The summed E-state index contributed by atoms with van der Waals surface area (Å²) in [5.74, 6) is 3.09. The lowest BCUT2D eigenvalue weighted by molar-refractivity contribution is -0.111. The summed E-state index contributed by atoms with van der Waals surface area (Å²) in [7, 11) is 1.52. The van der Waals surface area contributed by atoms with Gasteiger partial charge in [0.15, 0.2) is 17.8 Å². The third-order valence-electron chi connectivity index (χ3n) is 3.27. The predicted octanol–water partition coefficient (Wildman–Crippen LogP) is 3.17. The Labute approximate surface area is 146 Å². The van der Waals surface area contributed by atoms with Gasteiger partial charge >= 0.3 is 0 Å². The molecule has 5 heteroatoms. The van der Waals surface area contributed by atoms with Crippen LogP contribution in [0.15, 0.2) is 48.5 Å². The van der Waals surface area contributed by atoms with E-state index >= 15 is 0 Å². The number of ether oxygens (including phenoxy) is 2. The number of para-hydroxylation sites is 1. The summed E-state index contributed by atoms with van der Waals surface area (Å²) in [6, 6.07) is 12.0. The van der Waals surface area contributed by atoms with Crippen LogP contribution >= 0.6 is 0 Å². The van der Waals surface area contributed by atoms with Gasteiger partial charge in [-0.25, -0.2) is 0 Å². The van der Waals surface area contributed by atoms with Crippen LogP contribution in [0.2, 0.25) is 0 Å². The van der Waals surface area contributed by atoms with Gasteiger partial charge in [0, 0.05) is 11.6 Å². The highest BCUT2D eigenvalue weighted by atomic mass is 16.5. The van der Waals surface area contributed by atoms with Gasteiger partial charge in [-0.1, -0.05) is 24.1 Å². The average Bonchev–Trinajstić information content (AvgIpc) is 2.65. The molecular weight excluding hydrogens is 318 g/mol. The SMILES string of the molecule is C#CCOc1ccc(/C=C/C(=O)Nc2ccccc2C=O)cc1OC. The van der Waals surface area contributed by atoms with Crippen LogP contribution in [0, 0.1) is 12.3 Å². The Morgan fingerprint density at radius 1 is 1.24 bits per heavy atom. The van der Waals surface area contributed by atoms with Crippen molar-refractivity contribution in [1.82, 2.24) is 0 Å². The lowest BCUT2D eigenvalue weighted by Gasteiger charge is -2.09. The fourth-order valence-corrected chi connectivity index (χ4v) is 2.09. The summed E-state index contributed by atoms with van der Waals surface area (Å²) < 4.78 is 10.6. The zero-order valence-electron chi connectivity index (χ0n) is 13.7. The fourth-order valence-electron chi connectivity index (χ4n) is 2.09. The molecule has 0 atom stereocenters. The molecule has 2 aromatic carbocycles. The molecule has 2 aromatic rings. The smallest absolute Gasteiger partial charge is 0.248 e. The van der Waals surface area contributed by atoms with E-state index in [0.717, 1.165) is 5.56 Å². The Balaban J connectivity index is 2.09. The summed E-state index contributed by atoms with van der Waals surface area (Å²) in [4.78, 5) is 23.0. The van der Waals surface area contributed by atoms with Crippen LogP contribution < -0.4 is 14.8 Å². The zero-order chi connectivity index (χ0) is 18.1. The van der Waals surface area contributed by atoms with Crippen LogP contribution in [0.1, 0.15) is 15.9 Å². The molecule has 0 aromatic heterocycles. The van der Waals surface area contributed by atoms with E-state index in [2.05, 4.69) is 11.2 Å². The van der Waals surface area contributed by atoms with Gasteiger partial charge in [0.25, 0.3) is 0 Å². The van der Waals surface area contributed by atoms with E-state index in [9.17, 15) is 9.59 Å². The first-order chi connectivity index (χ1) is 12.2. The quantitative estimate of drug-likeness (QED) is 0.479. The summed E-state index contributed by atoms with van der Waals surface area (Å²) in [6.45, 7) is 0.143. The maximum atomic E-state index is 12.0. The minimum absolute atomic E-state index is 0.143. The van der Waals surface area contributed by atoms with E-state index in [1.54, 1.807) is 48.5 Å². The number of rotatable bonds is 7. The van der Waals surface area contributed by atoms with Crippen molar-refractivity contribution in [2.75, 3.05) is 19.0 Å². The van der Waals surface area contributed by atoms with Gasteiger partial charge in [-0.2, -0.15) is 0 Å². The molecule has 0 aliphatic carbocycles. The number of methoxy groups -OCH3 is 1. The van der Waals surface area contributed by atoms with Crippen molar-refractivity contribution in [3.63, 3.8) is 0 Å². The number of terminal acetylenes is 1. The second kappa shape index (κ2) is 8.94. The third-order valence-corrected chi connectivity index (χ3v) is 3.27. The first-order valence-corrected chi connectivity index (χ1v) is 7.45. The van der Waals surface area contributed by atoms with E-state index in [0.29, 0.717) is 29.0 Å². The molecule has 0 radical (unpaired) electrons. The highest BCUT2D eigenvalue weighted by Gasteiger charge is 2.06. The Morgan fingerprint density at radius 2 is 2.04 bits per heavy atom. The van der Waals surface area contributed by atoms with Crippen molar-refractivity contribution in [2.45, 2.75) is 0 Å². The molecule has 25 heavy (non-hydrogen) atoms. The molecule has 1 N–H and O–H groups in total. The third kappa shape index (κ3) is 4.98. The molecule has 5 nitrogen and oxygen atoms in total. The van der Waals surface area contributed by atoms with Gasteiger partial charge in [0.2, 0.25) is 5.91 Å². The number of hydrogen-bond donors (Lipinski definition) is 1. The zero-order valence-corrected chi connectivity index (χ0v) is 13.7. The molecule has 0 heterocycles. The molecule has 0 spiro atoms. The Hall–Kier alpha value is -3.52. The number of carbonyl (C=O) groups excluding carboxylic acids is 2. The van der Waals surface area contributed by atoms with Crippen LogP contribution in [-0.2, 0) is 4.79 Å². The Bertz CT molecular complexity index is 834. The Kier molecular flexibility index (Phi) is 6.38. The predicted molar refractivity (Wildman–Crippen MR) is 96.8 cm³/mol. The van der Waals surface area contributed by atoms with E-state index in [-0.39, 0.29) is 12.5 Å². The van der Waals surface area contributed by atoms with Crippen molar-refractivity contribution in [1.29, 1.82) is 0 Å². The second-order valence-electron chi connectivity index (χ2n) is 4.93. The number of carbonyl (C=O) groups is 2. The minimum Gasteiger partial charge on any atom is -0.493 e. The van der Waals surface area contributed by atoms with Gasteiger partial charge in [-0.3, -0.25) is 9.59 Å². The molecule has 0 bridgehead atoms. The topological polar surface area (TPSA) is 64.6 Å². The van der Waals surface area contributed by atoms with E-state index < -0.39 is 0 Å². The standard InChI is InChI=1S/C20H17NO4/c1-3-12-25-18-10-8-15(13-19(18)24-2)9-11-20(23)21-17-7-5-4-6-16(17)14-22/h1,4-11,13-14H,12H2,2H3,(H,21,23)/b11-9+. The van der Waals surface area contributed by atoms with Crippen LogP contribution in [0.4, 0.5) is 5.69 Å². The number of nitrogens with one attached hydrogen (secondary N) is 1. The average molecular weight is 335 g/mol. The number of benzene rings is 2. The number of aldehydes is 1. The number of amides is 1. The second-order valence-corrected chi connectivity index (χ2v) is 4.93. The minimum atomic E-state index is -0.346. The molecule has 0 saturated heterocycles. The molecule has 126 valence electrons. The van der Waals surface area contributed by atoms with Crippen molar-refractivity contribution in [3.8, 4) is 23.8 Å². The van der Waals surface area contributed by atoms with Gasteiger partial charge in [0.05, 0.1) is 12.8 Å². The molecular formula is C20H17NO4. The molecule has 0 aliphatic rings. The first kappa shape index (κ1) is 17.8. The van der Waals surface area contributed by atoms with Crippen molar-refractivity contribution >= 4 is 24.0 Å². The lowest BCUT2D eigenvalue weighted by atomic mass is 10.1. The maximum Gasteiger partial charge on any atom is 0.248 e. The lowest BCUT2D eigenvalue weighted by Crippen LogP contribution is -2.09. The maximum absolute atomic E-state index is 12.0. The van der Waals surface area contributed by atoms with Gasteiger partial charge in [-0.15, -0.1) is 6.42 Å². The van der Waals surface area contributed by atoms with Crippen LogP contribution in [-0.4, -0.2) is 25.9 Å². The summed E-state index contributed by atoms with van der Waals surface area (Å²) in [5.41, 5.74) is 1.63. The molecule has 0 unspecified atom stereocenters. The molecule has 0 fully saturated rings. The Morgan fingerprint density at radius 3 is 2.76 bits per heavy atom. The summed E-state index contributed by atoms with van der Waals surface area (Å²) in [5, 5.41) is 2.66. The summed E-state index contributed by atoms with van der Waals surface area (Å²) in [6.07, 6.45) is 8.87.